The molecule has 0 fully saturated rings. The largest absolute Gasteiger partial charge is 0.256 e. The second kappa shape index (κ2) is 6.79. The first-order valence-electron chi connectivity index (χ1n) is 11.3. The fourth-order valence-electron chi connectivity index (χ4n) is 4.90. The Bertz CT molecular complexity index is 1310. The molecule has 0 saturated carbocycles. The molecule has 0 aliphatic heterocycles. The van der Waals surface area contributed by atoms with Gasteiger partial charge in [-0.2, -0.15) is 0 Å². The summed E-state index contributed by atoms with van der Waals surface area (Å²) >= 11 is 0. The molecule has 156 valence electrons. The van der Waals surface area contributed by atoms with Gasteiger partial charge in [0.15, 0.2) is 0 Å². The number of hydrogen-bond donors (Lipinski definition) is 0. The third kappa shape index (κ3) is 3.47. The molecule has 0 atom stereocenters. The van der Waals surface area contributed by atoms with Crippen LogP contribution in [0.15, 0.2) is 66.9 Å². The molecule has 0 spiro atoms. The van der Waals surface area contributed by atoms with Crippen molar-refractivity contribution in [1.29, 1.82) is 0 Å². The molecular formula is C30H31N. The van der Waals surface area contributed by atoms with E-state index in [-0.39, 0.29) is 10.8 Å². The normalized spacial score (nSPS) is 13.0. The number of rotatable bonds is 1. The highest BCUT2D eigenvalue weighted by atomic mass is 14.7. The van der Waals surface area contributed by atoms with Gasteiger partial charge in [0, 0.05) is 17.1 Å². The lowest BCUT2D eigenvalue weighted by atomic mass is 9.82. The highest BCUT2D eigenvalue weighted by molar-refractivity contribution is 6.12. The van der Waals surface area contributed by atoms with Crippen LogP contribution >= 0.6 is 0 Å². The lowest BCUT2D eigenvalue weighted by molar-refractivity contribution is 0.411. The molecule has 1 aromatic heterocycles. The summed E-state index contributed by atoms with van der Waals surface area (Å²) in [6.45, 7) is 13.8. The SMILES string of the molecule is CC(C)(C)Cc1cc2c3c(nccc3c1)-c1ccccc1-c1cc(C(C)(C)C)ccc1-2. The van der Waals surface area contributed by atoms with Crippen LogP contribution in [-0.2, 0) is 11.8 Å². The van der Waals surface area contributed by atoms with Gasteiger partial charge in [-0.3, -0.25) is 4.98 Å². The van der Waals surface area contributed by atoms with E-state index in [0.29, 0.717) is 0 Å². The number of hydrogen-bond acceptors (Lipinski definition) is 1. The van der Waals surface area contributed by atoms with E-state index in [1.807, 2.05) is 6.20 Å². The smallest absolute Gasteiger partial charge is 0.0792 e. The van der Waals surface area contributed by atoms with Crippen molar-refractivity contribution in [2.24, 2.45) is 5.41 Å². The zero-order valence-electron chi connectivity index (χ0n) is 19.5. The first-order valence-corrected chi connectivity index (χ1v) is 11.3. The van der Waals surface area contributed by atoms with Crippen LogP contribution in [-0.4, -0.2) is 4.98 Å². The van der Waals surface area contributed by atoms with Crippen molar-refractivity contribution >= 4 is 10.8 Å². The van der Waals surface area contributed by atoms with Gasteiger partial charge in [-0.25, -0.2) is 0 Å². The summed E-state index contributed by atoms with van der Waals surface area (Å²) in [6, 6.07) is 22.8. The fraction of sp³-hybridized carbons (Fsp3) is 0.300. The molecular weight excluding hydrogens is 374 g/mol. The van der Waals surface area contributed by atoms with E-state index in [1.165, 1.54) is 49.7 Å². The molecule has 0 saturated heterocycles. The first-order chi connectivity index (χ1) is 14.6. The lowest BCUT2D eigenvalue weighted by Gasteiger charge is -2.22. The topological polar surface area (TPSA) is 12.9 Å². The van der Waals surface area contributed by atoms with Crippen LogP contribution in [0.4, 0.5) is 0 Å². The fourth-order valence-corrected chi connectivity index (χ4v) is 4.90. The highest BCUT2D eigenvalue weighted by Crippen LogP contribution is 2.48. The van der Waals surface area contributed by atoms with Gasteiger partial charge < -0.3 is 0 Å². The number of nitrogens with zero attached hydrogens (tertiary/aromatic N) is 1. The second-order valence-electron chi connectivity index (χ2n) is 11.2. The van der Waals surface area contributed by atoms with E-state index in [0.717, 1.165) is 12.1 Å². The standard InChI is InChI=1S/C30H31N/c1-29(2,3)18-19-15-20-13-14-31-28-24-10-8-7-9-22(24)25-17-21(30(4,5)6)11-12-23(25)26(16-19)27(20)28/h7-17H,18H2,1-6H3. The minimum Gasteiger partial charge on any atom is -0.256 e. The summed E-state index contributed by atoms with van der Waals surface area (Å²) in [7, 11) is 0. The summed E-state index contributed by atoms with van der Waals surface area (Å²) in [5, 5.41) is 2.55. The molecule has 0 bridgehead atoms. The average molecular weight is 406 g/mol. The van der Waals surface area contributed by atoms with Crippen LogP contribution in [0.3, 0.4) is 0 Å². The molecule has 1 heterocycles. The third-order valence-electron chi connectivity index (χ3n) is 6.31. The minimum absolute atomic E-state index is 0.102. The molecule has 31 heavy (non-hydrogen) atoms. The van der Waals surface area contributed by atoms with Gasteiger partial charge in [-0.15, -0.1) is 0 Å². The van der Waals surface area contributed by atoms with Gasteiger partial charge >= 0.3 is 0 Å². The number of pyridine rings is 1. The van der Waals surface area contributed by atoms with Crippen molar-refractivity contribution in [3.05, 3.63) is 78.0 Å². The molecule has 4 aromatic rings. The molecule has 5 rings (SSSR count). The lowest BCUT2D eigenvalue weighted by Crippen LogP contribution is -2.11. The van der Waals surface area contributed by atoms with Crippen LogP contribution < -0.4 is 0 Å². The van der Waals surface area contributed by atoms with Crippen molar-refractivity contribution in [2.45, 2.75) is 53.4 Å². The van der Waals surface area contributed by atoms with Crippen molar-refractivity contribution < 1.29 is 0 Å². The summed E-state index contributed by atoms with van der Waals surface area (Å²) in [6.07, 6.45) is 3.02. The van der Waals surface area contributed by atoms with Crippen LogP contribution in [0.2, 0.25) is 0 Å². The first kappa shape index (κ1) is 20.0. The van der Waals surface area contributed by atoms with E-state index < -0.39 is 0 Å². The maximum atomic E-state index is 4.90. The predicted octanol–water partition coefficient (Wildman–Crippen LogP) is 8.44. The average Bonchev–Trinajstić information content (AvgIpc) is 2.81. The Balaban J connectivity index is 1.91. The molecule has 0 unspecified atom stereocenters. The Morgan fingerprint density at radius 3 is 2.10 bits per heavy atom. The van der Waals surface area contributed by atoms with Crippen molar-refractivity contribution in [3.8, 4) is 33.5 Å². The molecule has 3 aromatic carbocycles. The van der Waals surface area contributed by atoms with E-state index in [4.69, 9.17) is 4.98 Å². The summed E-state index contributed by atoms with van der Waals surface area (Å²) in [5.41, 5.74) is 10.6. The van der Waals surface area contributed by atoms with E-state index >= 15 is 0 Å². The van der Waals surface area contributed by atoms with Crippen molar-refractivity contribution in [2.75, 3.05) is 0 Å². The summed E-state index contributed by atoms with van der Waals surface area (Å²) in [5.74, 6) is 0. The van der Waals surface area contributed by atoms with Gasteiger partial charge in [0.05, 0.1) is 5.69 Å². The van der Waals surface area contributed by atoms with Crippen molar-refractivity contribution in [1.82, 2.24) is 4.98 Å². The van der Waals surface area contributed by atoms with E-state index in [9.17, 15) is 0 Å². The maximum absolute atomic E-state index is 4.90. The molecule has 1 heteroatoms. The Kier molecular flexibility index (Phi) is 4.38. The highest BCUT2D eigenvalue weighted by Gasteiger charge is 2.25. The van der Waals surface area contributed by atoms with Crippen LogP contribution in [0, 0.1) is 5.41 Å². The van der Waals surface area contributed by atoms with Gasteiger partial charge in [-0.05, 0) is 68.2 Å². The van der Waals surface area contributed by atoms with E-state index in [2.05, 4.69) is 102 Å². The van der Waals surface area contributed by atoms with Gasteiger partial charge in [0.2, 0.25) is 0 Å². The number of fused-ring (bicyclic) bond motifs is 5. The molecule has 0 amide bonds. The Hall–Kier alpha value is -2.93. The van der Waals surface area contributed by atoms with Crippen LogP contribution in [0.25, 0.3) is 44.3 Å². The van der Waals surface area contributed by atoms with Crippen LogP contribution in [0.1, 0.15) is 52.7 Å². The minimum atomic E-state index is 0.102. The third-order valence-corrected chi connectivity index (χ3v) is 6.31. The summed E-state index contributed by atoms with van der Waals surface area (Å²) in [4.78, 5) is 4.90. The van der Waals surface area contributed by atoms with Gasteiger partial charge in [0.25, 0.3) is 0 Å². The number of benzene rings is 3. The molecule has 1 aliphatic rings. The van der Waals surface area contributed by atoms with Gasteiger partial charge in [-0.1, -0.05) is 90.1 Å². The summed E-state index contributed by atoms with van der Waals surface area (Å²) < 4.78 is 0. The zero-order valence-corrected chi connectivity index (χ0v) is 19.5. The Morgan fingerprint density at radius 2 is 1.39 bits per heavy atom. The number of aromatic nitrogens is 1. The second-order valence-corrected chi connectivity index (χ2v) is 11.2. The zero-order chi connectivity index (χ0) is 22.0. The monoisotopic (exact) mass is 405 g/mol. The maximum Gasteiger partial charge on any atom is 0.0792 e. The van der Waals surface area contributed by atoms with E-state index in [1.54, 1.807) is 0 Å². The molecule has 0 N–H and O–H groups in total. The van der Waals surface area contributed by atoms with Crippen LogP contribution in [0.5, 0.6) is 0 Å². The molecule has 0 radical (unpaired) electrons. The Labute approximate surface area is 186 Å². The van der Waals surface area contributed by atoms with Gasteiger partial charge in [0.1, 0.15) is 0 Å². The quantitative estimate of drug-likeness (QED) is 0.273. The van der Waals surface area contributed by atoms with Crippen molar-refractivity contribution in [3.63, 3.8) is 0 Å². The predicted molar refractivity (Wildman–Crippen MR) is 133 cm³/mol. The molecule has 1 aliphatic carbocycles. The molecule has 1 nitrogen and oxygen atoms in total. The Morgan fingerprint density at radius 1 is 0.677 bits per heavy atom.